The molecule has 1 aliphatic rings. The maximum atomic E-state index is 5.74. The molecule has 0 aromatic carbocycles. The summed E-state index contributed by atoms with van der Waals surface area (Å²) >= 11 is 0. The predicted octanol–water partition coefficient (Wildman–Crippen LogP) is 1.76. The highest BCUT2D eigenvalue weighted by atomic mass is 16.5. The van der Waals surface area contributed by atoms with Crippen molar-refractivity contribution < 1.29 is 4.74 Å². The summed E-state index contributed by atoms with van der Waals surface area (Å²) in [7, 11) is 0. The molecule has 0 unspecified atom stereocenters. The monoisotopic (exact) mass is 266 g/mol. The van der Waals surface area contributed by atoms with Gasteiger partial charge in [0.2, 0.25) is 0 Å². The Labute approximate surface area is 115 Å². The number of hydrogen-bond acceptors (Lipinski definition) is 4. The van der Waals surface area contributed by atoms with E-state index in [1.807, 2.05) is 11.6 Å². The van der Waals surface area contributed by atoms with Crippen molar-refractivity contribution in [2.45, 2.75) is 46.8 Å². The molecule has 0 fully saturated rings. The van der Waals surface area contributed by atoms with E-state index in [9.17, 15) is 0 Å². The summed E-state index contributed by atoms with van der Waals surface area (Å²) in [5.74, 6) is 1.27. The molecule has 5 heteroatoms. The number of hydrogen-bond donors (Lipinski definition) is 1. The highest BCUT2D eigenvalue weighted by Crippen LogP contribution is 2.14. The zero-order chi connectivity index (χ0) is 13.7. The Morgan fingerprint density at radius 1 is 1.42 bits per heavy atom. The molecule has 2 heterocycles. The Balaban J connectivity index is 1.82. The fourth-order valence-corrected chi connectivity index (χ4v) is 2.56. The maximum absolute atomic E-state index is 5.74. The summed E-state index contributed by atoms with van der Waals surface area (Å²) in [6, 6.07) is 0. The van der Waals surface area contributed by atoms with E-state index in [0.717, 1.165) is 43.5 Å². The molecule has 0 bridgehead atoms. The van der Waals surface area contributed by atoms with Crippen LogP contribution in [0.25, 0.3) is 0 Å². The van der Waals surface area contributed by atoms with Crippen molar-refractivity contribution in [1.82, 2.24) is 20.3 Å². The number of aryl methyl sites for hydroxylation is 1. The van der Waals surface area contributed by atoms with Gasteiger partial charge in [-0.05, 0) is 19.4 Å². The smallest absolute Gasteiger partial charge is 0.0904 e. The molecule has 1 atom stereocenters. The first kappa shape index (κ1) is 14.5. The largest absolute Gasteiger partial charge is 0.375 e. The van der Waals surface area contributed by atoms with E-state index < -0.39 is 0 Å². The van der Waals surface area contributed by atoms with Gasteiger partial charge in [-0.2, -0.15) is 0 Å². The molecular formula is C14H26N4O. The van der Waals surface area contributed by atoms with E-state index in [2.05, 4.69) is 29.5 Å². The summed E-state index contributed by atoms with van der Waals surface area (Å²) < 4.78 is 7.75. The average molecular weight is 266 g/mol. The number of fused-ring (bicyclic) bond motifs is 1. The SMILES string of the molecule is CCC(CC)CNC[C@@H]1COCc2c(C)nnn2C1. The van der Waals surface area contributed by atoms with Gasteiger partial charge in [-0.1, -0.05) is 31.9 Å². The van der Waals surface area contributed by atoms with Crippen molar-refractivity contribution in [3.8, 4) is 0 Å². The van der Waals surface area contributed by atoms with Gasteiger partial charge < -0.3 is 10.1 Å². The fourth-order valence-electron chi connectivity index (χ4n) is 2.56. The lowest BCUT2D eigenvalue weighted by molar-refractivity contribution is 0.0933. The molecule has 5 nitrogen and oxygen atoms in total. The summed E-state index contributed by atoms with van der Waals surface area (Å²) in [5.41, 5.74) is 2.12. The first-order chi connectivity index (χ1) is 9.24. The lowest BCUT2D eigenvalue weighted by Crippen LogP contribution is -2.31. The van der Waals surface area contributed by atoms with Gasteiger partial charge in [-0.25, -0.2) is 4.68 Å². The molecule has 2 rings (SSSR count). The van der Waals surface area contributed by atoms with Gasteiger partial charge in [0.25, 0.3) is 0 Å². The van der Waals surface area contributed by atoms with Crippen molar-refractivity contribution in [3.63, 3.8) is 0 Å². The third-order valence-corrected chi connectivity index (χ3v) is 4.08. The predicted molar refractivity (Wildman–Crippen MR) is 74.8 cm³/mol. The Kier molecular flexibility index (Phi) is 5.34. The number of aromatic nitrogens is 3. The van der Waals surface area contributed by atoms with Crippen LogP contribution < -0.4 is 5.32 Å². The third kappa shape index (κ3) is 3.76. The summed E-state index contributed by atoms with van der Waals surface area (Å²) in [6.45, 7) is 11.0. The third-order valence-electron chi connectivity index (χ3n) is 4.08. The molecule has 19 heavy (non-hydrogen) atoms. The van der Waals surface area contributed by atoms with Crippen molar-refractivity contribution in [1.29, 1.82) is 0 Å². The molecule has 1 N–H and O–H groups in total. The van der Waals surface area contributed by atoms with E-state index in [-0.39, 0.29) is 0 Å². The van der Waals surface area contributed by atoms with Crippen LogP contribution in [0.4, 0.5) is 0 Å². The van der Waals surface area contributed by atoms with Gasteiger partial charge in [-0.3, -0.25) is 0 Å². The van der Waals surface area contributed by atoms with Crippen LogP contribution in [0.5, 0.6) is 0 Å². The van der Waals surface area contributed by atoms with E-state index in [1.165, 1.54) is 12.8 Å². The highest BCUT2D eigenvalue weighted by Gasteiger charge is 2.19. The molecule has 108 valence electrons. The van der Waals surface area contributed by atoms with Crippen LogP contribution in [0.15, 0.2) is 0 Å². The summed E-state index contributed by atoms with van der Waals surface area (Å²) in [6.07, 6.45) is 2.49. The minimum absolute atomic E-state index is 0.483. The van der Waals surface area contributed by atoms with Crippen LogP contribution in [0.2, 0.25) is 0 Å². The molecule has 0 aliphatic carbocycles. The Morgan fingerprint density at radius 2 is 2.21 bits per heavy atom. The number of rotatable bonds is 6. The van der Waals surface area contributed by atoms with Crippen molar-refractivity contribution in [3.05, 3.63) is 11.4 Å². The molecule has 0 amide bonds. The Hall–Kier alpha value is -0.940. The van der Waals surface area contributed by atoms with Gasteiger partial charge in [0.1, 0.15) is 0 Å². The van der Waals surface area contributed by atoms with Crippen molar-refractivity contribution >= 4 is 0 Å². The highest BCUT2D eigenvalue weighted by molar-refractivity contribution is 5.07. The molecule has 0 spiro atoms. The maximum Gasteiger partial charge on any atom is 0.0904 e. The van der Waals surface area contributed by atoms with E-state index in [1.54, 1.807) is 0 Å². The van der Waals surface area contributed by atoms with Gasteiger partial charge in [0.05, 0.1) is 24.6 Å². The van der Waals surface area contributed by atoms with E-state index >= 15 is 0 Å². The summed E-state index contributed by atoms with van der Waals surface area (Å²) in [4.78, 5) is 0. The van der Waals surface area contributed by atoms with Gasteiger partial charge in [-0.15, -0.1) is 5.10 Å². The first-order valence-electron chi connectivity index (χ1n) is 7.42. The molecule has 0 saturated heterocycles. The number of nitrogens with one attached hydrogen (secondary N) is 1. The summed E-state index contributed by atoms with van der Waals surface area (Å²) in [5, 5.41) is 11.9. The standard InChI is InChI=1S/C14H26N4O/c1-4-12(5-2)6-15-7-13-8-18-14(10-19-9-13)11(3)16-17-18/h12-13,15H,4-10H2,1-3H3/t13-/m0/s1. The van der Waals surface area contributed by atoms with Crippen molar-refractivity contribution in [2.24, 2.45) is 11.8 Å². The van der Waals surface area contributed by atoms with Crippen LogP contribution in [0.3, 0.4) is 0 Å². The Morgan fingerprint density at radius 3 is 2.95 bits per heavy atom. The van der Waals surface area contributed by atoms with Crippen LogP contribution in [-0.2, 0) is 17.9 Å². The second-order valence-electron chi connectivity index (χ2n) is 5.53. The zero-order valence-electron chi connectivity index (χ0n) is 12.4. The molecule has 0 radical (unpaired) electrons. The number of ether oxygens (including phenoxy) is 1. The molecular weight excluding hydrogens is 240 g/mol. The minimum atomic E-state index is 0.483. The molecule has 0 saturated carbocycles. The van der Waals surface area contributed by atoms with Gasteiger partial charge in [0, 0.05) is 19.0 Å². The zero-order valence-corrected chi connectivity index (χ0v) is 12.4. The molecule has 1 aromatic rings. The van der Waals surface area contributed by atoms with Crippen molar-refractivity contribution in [2.75, 3.05) is 19.7 Å². The topological polar surface area (TPSA) is 52.0 Å². The minimum Gasteiger partial charge on any atom is -0.375 e. The second kappa shape index (κ2) is 7.01. The number of nitrogens with zero attached hydrogens (tertiary/aromatic N) is 3. The first-order valence-corrected chi connectivity index (χ1v) is 7.42. The van der Waals surface area contributed by atoms with Gasteiger partial charge >= 0.3 is 0 Å². The second-order valence-corrected chi connectivity index (χ2v) is 5.53. The molecule has 1 aliphatic heterocycles. The van der Waals surface area contributed by atoms with Crippen LogP contribution in [-0.4, -0.2) is 34.7 Å². The normalized spacial score (nSPS) is 19.5. The van der Waals surface area contributed by atoms with E-state index in [0.29, 0.717) is 12.5 Å². The van der Waals surface area contributed by atoms with Crippen LogP contribution in [0, 0.1) is 18.8 Å². The van der Waals surface area contributed by atoms with Gasteiger partial charge in [0.15, 0.2) is 0 Å². The Bertz CT molecular complexity index is 387. The fraction of sp³-hybridized carbons (Fsp3) is 0.857. The lowest BCUT2D eigenvalue weighted by atomic mass is 10.0. The van der Waals surface area contributed by atoms with Crippen LogP contribution >= 0.6 is 0 Å². The quantitative estimate of drug-likeness (QED) is 0.852. The van der Waals surface area contributed by atoms with Crippen LogP contribution in [0.1, 0.15) is 38.1 Å². The average Bonchev–Trinajstić information content (AvgIpc) is 2.65. The molecule has 1 aromatic heterocycles. The lowest BCUT2D eigenvalue weighted by Gasteiger charge is -2.18. The van der Waals surface area contributed by atoms with E-state index in [4.69, 9.17) is 4.74 Å².